The first-order valence-electron chi connectivity index (χ1n) is 7.67. The summed E-state index contributed by atoms with van der Waals surface area (Å²) in [6.45, 7) is 0. The van der Waals surface area contributed by atoms with Gasteiger partial charge >= 0.3 is 5.97 Å². The van der Waals surface area contributed by atoms with Gasteiger partial charge in [-0.15, -0.1) is 0 Å². The van der Waals surface area contributed by atoms with Crippen molar-refractivity contribution in [2.24, 2.45) is 0 Å². The Balaban J connectivity index is 1.84. The van der Waals surface area contributed by atoms with E-state index >= 15 is 0 Å². The summed E-state index contributed by atoms with van der Waals surface area (Å²) >= 11 is 0. The molecular weight excluding hydrogens is 304 g/mol. The number of ether oxygens (including phenoxy) is 2. The first kappa shape index (κ1) is 15.9. The monoisotopic (exact) mass is 322 g/mol. The number of fused-ring (bicyclic) bond motifs is 1. The van der Waals surface area contributed by atoms with E-state index in [4.69, 9.17) is 9.47 Å². The fraction of sp³-hybridized carbons (Fsp3) is 0.150. The fourth-order valence-electron chi connectivity index (χ4n) is 2.66. The number of aliphatic carboxylic acids is 1. The Morgan fingerprint density at radius 3 is 2.46 bits per heavy atom. The summed E-state index contributed by atoms with van der Waals surface area (Å²) in [7, 11) is 1.57. The molecule has 3 aromatic rings. The molecule has 0 radical (unpaired) electrons. The predicted molar refractivity (Wildman–Crippen MR) is 92.7 cm³/mol. The number of para-hydroxylation sites is 1. The van der Waals surface area contributed by atoms with Crippen molar-refractivity contribution in [3.8, 4) is 11.5 Å². The van der Waals surface area contributed by atoms with Crippen molar-refractivity contribution in [3.63, 3.8) is 0 Å². The summed E-state index contributed by atoms with van der Waals surface area (Å²) in [5.74, 6) is 0.191. The maximum Gasteiger partial charge on any atom is 0.345 e. The Morgan fingerprint density at radius 2 is 1.71 bits per heavy atom. The molecule has 0 heterocycles. The van der Waals surface area contributed by atoms with Crippen molar-refractivity contribution in [2.75, 3.05) is 7.11 Å². The summed E-state index contributed by atoms with van der Waals surface area (Å²) in [5, 5.41) is 11.6. The number of carbonyl (C=O) groups is 1. The van der Waals surface area contributed by atoms with Gasteiger partial charge in [0.25, 0.3) is 0 Å². The van der Waals surface area contributed by atoms with Crippen LogP contribution in [0.25, 0.3) is 10.8 Å². The second-order valence-corrected chi connectivity index (χ2v) is 5.47. The number of methoxy groups -OCH3 is 1. The van der Waals surface area contributed by atoms with Gasteiger partial charge < -0.3 is 14.6 Å². The SMILES string of the molecule is COc1ccccc1CC(Oc1ccc2ccccc2c1)C(=O)O. The van der Waals surface area contributed by atoms with Crippen LogP contribution in [0.5, 0.6) is 11.5 Å². The Bertz CT molecular complexity index is 857. The van der Waals surface area contributed by atoms with Crippen LogP contribution in [0.3, 0.4) is 0 Å². The minimum absolute atomic E-state index is 0.228. The number of carboxylic acid groups (broad SMARTS) is 1. The van der Waals surface area contributed by atoms with Crippen molar-refractivity contribution < 1.29 is 19.4 Å². The van der Waals surface area contributed by atoms with Crippen molar-refractivity contribution >= 4 is 16.7 Å². The van der Waals surface area contributed by atoms with Crippen LogP contribution < -0.4 is 9.47 Å². The number of carboxylic acids is 1. The van der Waals surface area contributed by atoms with E-state index in [2.05, 4.69) is 0 Å². The second kappa shape index (κ2) is 7.04. The fourth-order valence-corrected chi connectivity index (χ4v) is 2.66. The highest BCUT2D eigenvalue weighted by atomic mass is 16.5. The molecule has 122 valence electrons. The average Bonchev–Trinajstić information content (AvgIpc) is 2.61. The second-order valence-electron chi connectivity index (χ2n) is 5.47. The number of hydrogen-bond acceptors (Lipinski definition) is 3. The first-order valence-corrected chi connectivity index (χ1v) is 7.67. The molecule has 0 bridgehead atoms. The van der Waals surface area contributed by atoms with Gasteiger partial charge in [0.15, 0.2) is 6.10 Å². The molecule has 0 amide bonds. The molecule has 0 aromatic heterocycles. The highest BCUT2D eigenvalue weighted by molar-refractivity contribution is 5.84. The van der Waals surface area contributed by atoms with E-state index in [1.807, 2.05) is 60.7 Å². The van der Waals surface area contributed by atoms with E-state index in [-0.39, 0.29) is 6.42 Å². The highest BCUT2D eigenvalue weighted by Gasteiger charge is 2.22. The van der Waals surface area contributed by atoms with Crippen LogP contribution in [0.2, 0.25) is 0 Å². The van der Waals surface area contributed by atoms with Gasteiger partial charge in [-0.25, -0.2) is 4.79 Å². The number of hydrogen-bond donors (Lipinski definition) is 1. The molecule has 0 aliphatic carbocycles. The lowest BCUT2D eigenvalue weighted by molar-refractivity contribution is -0.145. The normalized spacial score (nSPS) is 11.9. The molecule has 24 heavy (non-hydrogen) atoms. The summed E-state index contributed by atoms with van der Waals surface area (Å²) in [6, 6.07) is 20.8. The van der Waals surface area contributed by atoms with E-state index in [1.165, 1.54) is 0 Å². The van der Waals surface area contributed by atoms with Crippen LogP contribution in [-0.4, -0.2) is 24.3 Å². The van der Waals surface area contributed by atoms with Crippen molar-refractivity contribution in [1.82, 2.24) is 0 Å². The van der Waals surface area contributed by atoms with Gasteiger partial charge in [-0.3, -0.25) is 0 Å². The van der Waals surface area contributed by atoms with E-state index < -0.39 is 12.1 Å². The molecule has 0 saturated carbocycles. The van der Waals surface area contributed by atoms with Crippen LogP contribution in [0.1, 0.15) is 5.56 Å². The summed E-state index contributed by atoms with van der Waals surface area (Å²) in [6.07, 6.45) is -0.755. The van der Waals surface area contributed by atoms with Gasteiger partial charge in [-0.05, 0) is 34.5 Å². The van der Waals surface area contributed by atoms with Crippen molar-refractivity contribution in [3.05, 3.63) is 72.3 Å². The molecule has 0 aliphatic rings. The molecule has 1 unspecified atom stereocenters. The zero-order chi connectivity index (χ0) is 16.9. The largest absolute Gasteiger partial charge is 0.496 e. The molecule has 0 spiro atoms. The minimum Gasteiger partial charge on any atom is -0.496 e. The maximum absolute atomic E-state index is 11.6. The summed E-state index contributed by atoms with van der Waals surface area (Å²) < 4.78 is 11.0. The summed E-state index contributed by atoms with van der Waals surface area (Å²) in [5.41, 5.74) is 0.799. The molecule has 4 nitrogen and oxygen atoms in total. The molecule has 0 saturated heterocycles. The standard InChI is InChI=1S/C20H18O4/c1-23-18-9-5-4-8-16(18)13-19(20(21)22)24-17-11-10-14-6-2-3-7-15(14)12-17/h2-12,19H,13H2,1H3,(H,21,22). The zero-order valence-corrected chi connectivity index (χ0v) is 13.3. The van der Waals surface area contributed by atoms with Gasteiger partial charge in [-0.1, -0.05) is 48.5 Å². The molecule has 0 aliphatic heterocycles. The Hall–Kier alpha value is -3.01. The predicted octanol–water partition coefficient (Wildman–Crippen LogP) is 3.92. The van der Waals surface area contributed by atoms with Gasteiger partial charge in [0.05, 0.1) is 7.11 Å². The third-order valence-corrected chi connectivity index (χ3v) is 3.87. The van der Waals surface area contributed by atoms with Crippen LogP contribution in [0.4, 0.5) is 0 Å². The van der Waals surface area contributed by atoms with E-state index in [9.17, 15) is 9.90 Å². The van der Waals surface area contributed by atoms with E-state index in [0.29, 0.717) is 11.5 Å². The Labute approximate surface area is 140 Å². The lowest BCUT2D eigenvalue weighted by atomic mass is 10.1. The van der Waals surface area contributed by atoms with Crippen molar-refractivity contribution in [1.29, 1.82) is 0 Å². The van der Waals surface area contributed by atoms with Gasteiger partial charge in [0, 0.05) is 6.42 Å². The molecule has 1 N–H and O–H groups in total. The van der Waals surface area contributed by atoms with Gasteiger partial charge in [0.1, 0.15) is 11.5 Å². The zero-order valence-electron chi connectivity index (χ0n) is 13.3. The average molecular weight is 322 g/mol. The van der Waals surface area contributed by atoms with Crippen LogP contribution in [0, 0.1) is 0 Å². The van der Waals surface area contributed by atoms with Crippen LogP contribution in [-0.2, 0) is 11.2 Å². The minimum atomic E-state index is -1.01. The first-order chi connectivity index (χ1) is 11.7. The van der Waals surface area contributed by atoms with E-state index in [0.717, 1.165) is 16.3 Å². The molecule has 3 rings (SSSR count). The van der Waals surface area contributed by atoms with Crippen LogP contribution in [0.15, 0.2) is 66.7 Å². The van der Waals surface area contributed by atoms with E-state index in [1.54, 1.807) is 13.2 Å². The lowest BCUT2D eigenvalue weighted by Crippen LogP contribution is -2.29. The van der Waals surface area contributed by atoms with Gasteiger partial charge in [-0.2, -0.15) is 0 Å². The Kier molecular flexibility index (Phi) is 4.66. The topological polar surface area (TPSA) is 55.8 Å². The maximum atomic E-state index is 11.6. The van der Waals surface area contributed by atoms with Crippen LogP contribution >= 0.6 is 0 Å². The lowest BCUT2D eigenvalue weighted by Gasteiger charge is -2.17. The quantitative estimate of drug-likeness (QED) is 0.747. The third kappa shape index (κ3) is 3.49. The number of rotatable bonds is 6. The smallest absolute Gasteiger partial charge is 0.345 e. The highest BCUT2D eigenvalue weighted by Crippen LogP contribution is 2.24. The van der Waals surface area contributed by atoms with Crippen molar-refractivity contribution in [2.45, 2.75) is 12.5 Å². The molecule has 4 heteroatoms. The molecular formula is C20H18O4. The molecule has 3 aromatic carbocycles. The van der Waals surface area contributed by atoms with Gasteiger partial charge in [0.2, 0.25) is 0 Å². The number of benzene rings is 3. The molecule has 0 fully saturated rings. The molecule has 1 atom stereocenters. The summed E-state index contributed by atoms with van der Waals surface area (Å²) in [4.78, 5) is 11.6. The Morgan fingerprint density at radius 1 is 1.00 bits per heavy atom. The third-order valence-electron chi connectivity index (χ3n) is 3.87.